The van der Waals surface area contributed by atoms with Gasteiger partial charge >= 0.3 is 0 Å². The zero-order valence-electron chi connectivity index (χ0n) is 14.2. The predicted molar refractivity (Wildman–Crippen MR) is 96.6 cm³/mol. The molecule has 1 unspecified atom stereocenters. The van der Waals surface area contributed by atoms with Crippen LogP contribution in [0.5, 0.6) is 0 Å². The Labute approximate surface area is 147 Å². The van der Waals surface area contributed by atoms with Crippen molar-refractivity contribution in [3.05, 3.63) is 70.8 Å². The normalized spacial score (nSPS) is 12.6. The zero-order valence-corrected chi connectivity index (χ0v) is 15.0. The van der Waals surface area contributed by atoms with Crippen LogP contribution in [-0.4, -0.2) is 33.0 Å². The van der Waals surface area contributed by atoms with E-state index in [9.17, 15) is 18.3 Å². The molecule has 2 aromatic carbocycles. The maximum absolute atomic E-state index is 12.2. The van der Waals surface area contributed by atoms with Crippen LogP contribution in [0.2, 0.25) is 0 Å². The van der Waals surface area contributed by atoms with E-state index in [1.807, 2.05) is 19.1 Å². The molecule has 0 aliphatic carbocycles. The maximum atomic E-state index is 12.2. The second kappa shape index (κ2) is 8.24. The zero-order chi connectivity index (χ0) is 18.4. The second-order valence-electron chi connectivity index (χ2n) is 5.76. The van der Waals surface area contributed by atoms with Crippen LogP contribution in [0.3, 0.4) is 0 Å². The third-order valence-electron chi connectivity index (χ3n) is 3.84. The van der Waals surface area contributed by atoms with E-state index in [-0.39, 0.29) is 18.2 Å². The van der Waals surface area contributed by atoms with Gasteiger partial charge in [-0.15, -0.1) is 0 Å². The Balaban J connectivity index is 1.98. The molecule has 0 saturated heterocycles. The van der Waals surface area contributed by atoms with Crippen molar-refractivity contribution in [1.82, 2.24) is 10.0 Å². The molecule has 0 aromatic heterocycles. The second-order valence-corrected chi connectivity index (χ2v) is 7.56. The van der Waals surface area contributed by atoms with Gasteiger partial charge in [0.1, 0.15) is 0 Å². The Kier molecular flexibility index (Phi) is 6.30. The number of benzene rings is 2. The van der Waals surface area contributed by atoms with E-state index in [1.54, 1.807) is 36.4 Å². The smallest absolute Gasteiger partial charge is 0.251 e. The Morgan fingerprint density at radius 1 is 1.12 bits per heavy atom. The molecule has 7 heteroatoms. The molecular formula is C18H22N2O4S. The Morgan fingerprint density at radius 3 is 2.36 bits per heavy atom. The molecule has 25 heavy (non-hydrogen) atoms. The maximum Gasteiger partial charge on any atom is 0.251 e. The molecule has 1 atom stereocenters. The van der Waals surface area contributed by atoms with Crippen molar-refractivity contribution in [1.29, 1.82) is 0 Å². The first-order chi connectivity index (χ1) is 11.8. The van der Waals surface area contributed by atoms with Gasteiger partial charge in [-0.3, -0.25) is 4.79 Å². The number of aliphatic hydroxyl groups excluding tert-OH is 1. The van der Waals surface area contributed by atoms with Crippen molar-refractivity contribution < 1.29 is 18.3 Å². The van der Waals surface area contributed by atoms with Crippen LogP contribution < -0.4 is 10.0 Å². The minimum absolute atomic E-state index is 0.0937. The van der Waals surface area contributed by atoms with Crippen LogP contribution in [0.25, 0.3) is 0 Å². The van der Waals surface area contributed by atoms with Gasteiger partial charge < -0.3 is 10.4 Å². The molecule has 0 bridgehead atoms. The number of amides is 1. The van der Waals surface area contributed by atoms with Gasteiger partial charge in [-0.05, 0) is 35.7 Å². The van der Waals surface area contributed by atoms with E-state index in [0.29, 0.717) is 16.7 Å². The standard InChI is InChI=1S/C18H22N2O4S/c1-13-5-3-4-6-16(13)17(21)11-20-25(23,24)12-14-7-9-15(10-8-14)18(22)19-2/h3-10,17,20-21H,11-12H2,1-2H3,(H,19,22). The summed E-state index contributed by atoms with van der Waals surface area (Å²) in [6.07, 6.45) is -0.911. The van der Waals surface area contributed by atoms with Gasteiger partial charge in [0, 0.05) is 19.2 Å². The predicted octanol–water partition coefficient (Wildman–Crippen LogP) is 1.51. The van der Waals surface area contributed by atoms with Crippen molar-refractivity contribution in [3.8, 4) is 0 Å². The monoisotopic (exact) mass is 362 g/mol. The lowest BCUT2D eigenvalue weighted by Crippen LogP contribution is -2.29. The third kappa shape index (κ3) is 5.38. The quantitative estimate of drug-likeness (QED) is 0.696. The van der Waals surface area contributed by atoms with Crippen molar-refractivity contribution in [3.63, 3.8) is 0 Å². The number of hydrogen-bond donors (Lipinski definition) is 3. The lowest BCUT2D eigenvalue weighted by Gasteiger charge is -2.15. The van der Waals surface area contributed by atoms with Gasteiger partial charge in [0.2, 0.25) is 10.0 Å². The van der Waals surface area contributed by atoms with Gasteiger partial charge in [-0.2, -0.15) is 0 Å². The summed E-state index contributed by atoms with van der Waals surface area (Å²) in [5, 5.41) is 12.7. The van der Waals surface area contributed by atoms with Crippen molar-refractivity contribution in [2.24, 2.45) is 0 Å². The van der Waals surface area contributed by atoms with Crippen molar-refractivity contribution in [2.75, 3.05) is 13.6 Å². The fourth-order valence-corrected chi connectivity index (χ4v) is 3.59. The highest BCUT2D eigenvalue weighted by molar-refractivity contribution is 7.88. The first-order valence-electron chi connectivity index (χ1n) is 7.84. The molecular weight excluding hydrogens is 340 g/mol. The highest BCUT2D eigenvalue weighted by Crippen LogP contribution is 2.17. The first-order valence-corrected chi connectivity index (χ1v) is 9.49. The van der Waals surface area contributed by atoms with E-state index in [0.717, 1.165) is 5.56 Å². The largest absolute Gasteiger partial charge is 0.387 e. The van der Waals surface area contributed by atoms with Gasteiger partial charge in [0.05, 0.1) is 11.9 Å². The van der Waals surface area contributed by atoms with E-state index in [4.69, 9.17) is 0 Å². The summed E-state index contributed by atoms with van der Waals surface area (Å²) >= 11 is 0. The number of aliphatic hydroxyl groups is 1. The van der Waals surface area contributed by atoms with Crippen LogP contribution in [0.4, 0.5) is 0 Å². The summed E-state index contributed by atoms with van der Waals surface area (Å²) in [6.45, 7) is 1.77. The molecule has 0 fully saturated rings. The average molecular weight is 362 g/mol. The molecule has 2 rings (SSSR count). The molecule has 2 aromatic rings. The number of sulfonamides is 1. The summed E-state index contributed by atoms with van der Waals surface area (Å²) in [7, 11) is -2.07. The summed E-state index contributed by atoms with van der Waals surface area (Å²) in [6, 6.07) is 13.6. The van der Waals surface area contributed by atoms with Gasteiger partial charge in [0.25, 0.3) is 5.91 Å². The highest BCUT2D eigenvalue weighted by atomic mass is 32.2. The molecule has 0 aliphatic heterocycles. The third-order valence-corrected chi connectivity index (χ3v) is 5.16. The number of aryl methyl sites for hydroxylation is 1. The molecule has 0 spiro atoms. The van der Waals surface area contributed by atoms with Crippen molar-refractivity contribution in [2.45, 2.75) is 18.8 Å². The highest BCUT2D eigenvalue weighted by Gasteiger charge is 2.16. The molecule has 3 N–H and O–H groups in total. The van der Waals surface area contributed by atoms with Crippen LogP contribution >= 0.6 is 0 Å². The van der Waals surface area contributed by atoms with Crippen molar-refractivity contribution >= 4 is 15.9 Å². The Hall–Kier alpha value is -2.22. The summed E-state index contributed by atoms with van der Waals surface area (Å²) in [5.41, 5.74) is 2.62. The number of carbonyl (C=O) groups is 1. The molecule has 0 radical (unpaired) electrons. The van der Waals surface area contributed by atoms with Gasteiger partial charge in [-0.1, -0.05) is 36.4 Å². The number of nitrogens with one attached hydrogen (secondary N) is 2. The van der Waals surface area contributed by atoms with E-state index in [1.165, 1.54) is 7.05 Å². The lowest BCUT2D eigenvalue weighted by atomic mass is 10.0. The first kappa shape index (κ1) is 19.1. The van der Waals surface area contributed by atoms with Gasteiger partial charge in [-0.25, -0.2) is 13.1 Å². The lowest BCUT2D eigenvalue weighted by molar-refractivity contribution is 0.0963. The van der Waals surface area contributed by atoms with E-state index >= 15 is 0 Å². The number of carbonyl (C=O) groups excluding carboxylic acids is 1. The van der Waals surface area contributed by atoms with Crippen LogP contribution in [0.1, 0.15) is 33.2 Å². The summed E-state index contributed by atoms with van der Waals surface area (Å²) in [5.74, 6) is -0.449. The molecule has 0 saturated carbocycles. The number of hydrogen-bond acceptors (Lipinski definition) is 4. The molecule has 134 valence electrons. The fourth-order valence-electron chi connectivity index (χ4n) is 2.44. The molecule has 6 nitrogen and oxygen atoms in total. The summed E-state index contributed by atoms with van der Waals surface area (Å²) in [4.78, 5) is 11.5. The average Bonchev–Trinajstić information content (AvgIpc) is 2.60. The number of rotatable bonds is 7. The topological polar surface area (TPSA) is 95.5 Å². The van der Waals surface area contributed by atoms with E-state index < -0.39 is 16.1 Å². The SMILES string of the molecule is CNC(=O)c1ccc(CS(=O)(=O)NCC(O)c2ccccc2C)cc1. The van der Waals surface area contributed by atoms with Gasteiger partial charge in [0.15, 0.2) is 0 Å². The van der Waals surface area contributed by atoms with E-state index in [2.05, 4.69) is 10.0 Å². The Morgan fingerprint density at radius 2 is 1.76 bits per heavy atom. The molecule has 0 aliphatic rings. The summed E-state index contributed by atoms with van der Waals surface area (Å²) < 4.78 is 26.8. The molecule has 1 amide bonds. The van der Waals surface area contributed by atoms with Crippen LogP contribution in [0.15, 0.2) is 48.5 Å². The Bertz CT molecular complexity index is 832. The molecule has 0 heterocycles. The minimum atomic E-state index is -3.60. The fraction of sp³-hybridized carbons (Fsp3) is 0.278. The minimum Gasteiger partial charge on any atom is -0.387 e. The van der Waals surface area contributed by atoms with Crippen LogP contribution in [-0.2, 0) is 15.8 Å². The van der Waals surface area contributed by atoms with Crippen LogP contribution in [0, 0.1) is 6.92 Å².